The zero-order valence-corrected chi connectivity index (χ0v) is 17.7. The fourth-order valence-electron chi connectivity index (χ4n) is 3.29. The predicted octanol–water partition coefficient (Wildman–Crippen LogP) is 4.36. The monoisotopic (exact) mass is 456 g/mol. The van der Waals surface area contributed by atoms with E-state index in [1.54, 1.807) is 13.0 Å². The predicted molar refractivity (Wildman–Crippen MR) is 110 cm³/mol. The van der Waals surface area contributed by atoms with Gasteiger partial charge in [0.25, 0.3) is 5.91 Å². The Morgan fingerprint density at radius 2 is 1.81 bits per heavy atom. The van der Waals surface area contributed by atoms with Crippen molar-refractivity contribution in [3.63, 3.8) is 0 Å². The Labute approximate surface area is 179 Å². The van der Waals surface area contributed by atoms with Crippen LogP contribution >= 0.6 is 0 Å². The number of amides is 1. The van der Waals surface area contributed by atoms with Crippen molar-refractivity contribution in [3.05, 3.63) is 53.6 Å². The molecule has 0 saturated carbocycles. The number of alkyl halides is 3. The average molecular weight is 456 g/mol. The summed E-state index contributed by atoms with van der Waals surface area (Å²) < 4.78 is 69.0. The smallest absolute Gasteiger partial charge is 0.422 e. The number of carbonyl (C=O) groups excluding carboxylic acids is 1. The van der Waals surface area contributed by atoms with Gasteiger partial charge in [0.1, 0.15) is 5.75 Å². The van der Waals surface area contributed by atoms with E-state index in [4.69, 9.17) is 4.74 Å². The highest BCUT2D eigenvalue weighted by Crippen LogP contribution is 2.25. The highest BCUT2D eigenvalue weighted by Gasteiger charge is 2.29. The first-order chi connectivity index (χ1) is 14.6. The molecule has 0 radical (unpaired) electrons. The summed E-state index contributed by atoms with van der Waals surface area (Å²) in [5, 5.41) is 2.59. The maximum Gasteiger partial charge on any atom is 0.422 e. The summed E-state index contributed by atoms with van der Waals surface area (Å²) in [6.07, 6.45) is -1.90. The van der Waals surface area contributed by atoms with Gasteiger partial charge < -0.3 is 10.1 Å². The zero-order valence-electron chi connectivity index (χ0n) is 16.9. The minimum Gasteiger partial charge on any atom is -0.484 e. The third-order valence-corrected chi connectivity index (χ3v) is 6.80. The van der Waals surface area contributed by atoms with Crippen LogP contribution in [0.1, 0.15) is 35.2 Å². The number of hydrogen-bond donors (Lipinski definition) is 1. The van der Waals surface area contributed by atoms with Gasteiger partial charge in [0.15, 0.2) is 6.61 Å². The number of carbonyl (C=O) groups is 1. The summed E-state index contributed by atoms with van der Waals surface area (Å²) >= 11 is 0. The van der Waals surface area contributed by atoms with E-state index in [-0.39, 0.29) is 21.9 Å². The molecule has 2 aromatic rings. The summed E-state index contributed by atoms with van der Waals surface area (Å²) in [7, 11) is -3.71. The molecule has 1 aliphatic rings. The van der Waals surface area contributed by atoms with E-state index in [1.807, 2.05) is 0 Å². The zero-order chi connectivity index (χ0) is 22.6. The molecule has 6 nitrogen and oxygen atoms in total. The fraction of sp³-hybridized carbons (Fsp3) is 0.381. The molecule has 1 amide bonds. The van der Waals surface area contributed by atoms with Crippen LogP contribution in [0.5, 0.6) is 5.75 Å². The number of rotatable bonds is 6. The van der Waals surface area contributed by atoms with E-state index in [0.29, 0.717) is 18.7 Å². The Kier molecular flexibility index (Phi) is 6.90. The fourth-order valence-corrected chi connectivity index (χ4v) is 4.83. The number of nitrogens with zero attached hydrogens (tertiary/aromatic N) is 1. The van der Waals surface area contributed by atoms with Gasteiger partial charge in [0.2, 0.25) is 10.0 Å². The van der Waals surface area contributed by atoms with Crippen LogP contribution in [0, 0.1) is 6.92 Å². The van der Waals surface area contributed by atoms with E-state index >= 15 is 0 Å². The van der Waals surface area contributed by atoms with Gasteiger partial charge in [-0.2, -0.15) is 17.5 Å². The van der Waals surface area contributed by atoms with E-state index in [9.17, 15) is 26.4 Å². The van der Waals surface area contributed by atoms with Gasteiger partial charge in [-0.15, -0.1) is 0 Å². The summed E-state index contributed by atoms with van der Waals surface area (Å²) in [4.78, 5) is 12.8. The van der Waals surface area contributed by atoms with Gasteiger partial charge in [-0.1, -0.05) is 18.6 Å². The lowest BCUT2D eigenvalue weighted by atomic mass is 10.1. The third kappa shape index (κ3) is 5.98. The second-order valence-electron chi connectivity index (χ2n) is 7.33. The van der Waals surface area contributed by atoms with Crippen molar-refractivity contribution < 1.29 is 31.1 Å². The highest BCUT2D eigenvalue weighted by molar-refractivity contribution is 7.89. The first kappa shape index (κ1) is 23.1. The molecule has 10 heteroatoms. The number of hydrogen-bond acceptors (Lipinski definition) is 4. The van der Waals surface area contributed by atoms with Gasteiger partial charge >= 0.3 is 6.18 Å². The van der Waals surface area contributed by atoms with Crippen molar-refractivity contribution in [1.29, 1.82) is 0 Å². The number of ether oxygens (including phenoxy) is 1. The minimum atomic E-state index is -4.48. The quantitative estimate of drug-likeness (QED) is 0.701. The van der Waals surface area contributed by atoms with Crippen molar-refractivity contribution in [2.24, 2.45) is 0 Å². The third-order valence-electron chi connectivity index (χ3n) is 4.90. The van der Waals surface area contributed by atoms with Crippen molar-refractivity contribution in [2.45, 2.75) is 37.3 Å². The van der Waals surface area contributed by atoms with Crippen molar-refractivity contribution >= 4 is 21.6 Å². The van der Waals surface area contributed by atoms with E-state index in [2.05, 4.69) is 5.32 Å². The summed E-state index contributed by atoms with van der Waals surface area (Å²) in [6, 6.07) is 9.94. The standard InChI is InChI=1S/C21H23F3N2O4S/c1-15-8-9-18(31(28,29)26-10-3-2-4-11-26)13-19(15)20(27)25-16-6-5-7-17(12-16)30-14-21(22,23)24/h5-9,12-13H,2-4,10-11,14H2,1H3,(H,25,27). The highest BCUT2D eigenvalue weighted by atomic mass is 32.2. The van der Waals surface area contributed by atoms with Crippen LogP contribution < -0.4 is 10.1 Å². The maximum atomic E-state index is 12.9. The van der Waals surface area contributed by atoms with Crippen molar-refractivity contribution in [1.82, 2.24) is 4.31 Å². The SMILES string of the molecule is Cc1ccc(S(=O)(=O)N2CCCCC2)cc1C(=O)Nc1cccc(OCC(F)(F)F)c1. The molecule has 1 fully saturated rings. The Hall–Kier alpha value is -2.59. The second kappa shape index (κ2) is 9.27. The molecule has 1 saturated heterocycles. The van der Waals surface area contributed by atoms with Crippen LogP contribution in [0.2, 0.25) is 0 Å². The number of aryl methyl sites for hydroxylation is 1. The largest absolute Gasteiger partial charge is 0.484 e. The number of piperidine rings is 1. The molecule has 1 aliphatic heterocycles. The number of sulfonamides is 1. The van der Waals surface area contributed by atoms with Crippen LogP contribution in [-0.2, 0) is 10.0 Å². The first-order valence-corrected chi connectivity index (χ1v) is 11.2. The van der Waals surface area contributed by atoms with Crippen LogP contribution in [0.15, 0.2) is 47.4 Å². The lowest BCUT2D eigenvalue weighted by Crippen LogP contribution is -2.35. The van der Waals surface area contributed by atoms with Crippen molar-refractivity contribution in [2.75, 3.05) is 25.0 Å². The first-order valence-electron chi connectivity index (χ1n) is 9.78. The van der Waals surface area contributed by atoms with Gasteiger partial charge in [-0.05, 0) is 49.6 Å². The number of nitrogens with one attached hydrogen (secondary N) is 1. The average Bonchev–Trinajstić information content (AvgIpc) is 2.73. The topological polar surface area (TPSA) is 75.7 Å². The molecule has 0 aromatic heterocycles. The minimum absolute atomic E-state index is 0.0346. The second-order valence-corrected chi connectivity index (χ2v) is 9.27. The molecule has 0 unspecified atom stereocenters. The molecule has 31 heavy (non-hydrogen) atoms. The molecule has 0 spiro atoms. The van der Waals surface area contributed by atoms with Gasteiger partial charge in [0.05, 0.1) is 4.90 Å². The molecule has 1 N–H and O–H groups in total. The Balaban J connectivity index is 1.78. The normalized spacial score (nSPS) is 15.5. The Morgan fingerprint density at radius 3 is 2.48 bits per heavy atom. The molecular formula is C21H23F3N2O4S. The molecule has 0 aliphatic carbocycles. The van der Waals surface area contributed by atoms with Crippen molar-refractivity contribution in [3.8, 4) is 5.75 Å². The summed E-state index contributed by atoms with van der Waals surface area (Å²) in [5.41, 5.74) is 0.965. The molecule has 0 atom stereocenters. The van der Waals surface area contributed by atoms with Crippen LogP contribution in [0.4, 0.5) is 18.9 Å². The van der Waals surface area contributed by atoms with E-state index < -0.39 is 28.7 Å². The van der Waals surface area contributed by atoms with Gasteiger partial charge in [-0.3, -0.25) is 4.79 Å². The van der Waals surface area contributed by atoms with E-state index in [1.165, 1.54) is 40.7 Å². The molecule has 3 rings (SSSR count). The van der Waals surface area contributed by atoms with E-state index in [0.717, 1.165) is 19.3 Å². The summed E-state index contributed by atoms with van der Waals surface area (Å²) in [6.45, 7) is 1.12. The Morgan fingerprint density at radius 1 is 1.10 bits per heavy atom. The molecule has 1 heterocycles. The summed E-state index contributed by atoms with van der Waals surface area (Å²) in [5.74, 6) is -0.616. The lowest BCUT2D eigenvalue weighted by molar-refractivity contribution is -0.153. The Bertz CT molecular complexity index is 1050. The number of halogens is 3. The molecule has 2 aromatic carbocycles. The van der Waals surface area contributed by atoms with Gasteiger partial charge in [0, 0.05) is 30.4 Å². The number of anilines is 1. The molecular weight excluding hydrogens is 433 g/mol. The number of benzene rings is 2. The van der Waals surface area contributed by atoms with Crippen LogP contribution in [0.25, 0.3) is 0 Å². The lowest BCUT2D eigenvalue weighted by Gasteiger charge is -2.26. The van der Waals surface area contributed by atoms with Crippen LogP contribution in [0.3, 0.4) is 0 Å². The maximum absolute atomic E-state index is 12.9. The molecule has 168 valence electrons. The van der Waals surface area contributed by atoms with Crippen LogP contribution in [-0.4, -0.2) is 44.5 Å². The molecule has 0 bridgehead atoms. The van der Waals surface area contributed by atoms with Gasteiger partial charge in [-0.25, -0.2) is 8.42 Å².